The van der Waals surface area contributed by atoms with Gasteiger partial charge in [-0.15, -0.1) is 0 Å². The normalized spacial score (nSPS) is 12.7. The Labute approximate surface area is 155 Å². The molecule has 1 aromatic carbocycles. The summed E-state index contributed by atoms with van der Waals surface area (Å²) in [4.78, 5) is 15.8. The lowest BCUT2D eigenvalue weighted by Gasteiger charge is -2.14. The van der Waals surface area contributed by atoms with Gasteiger partial charge in [0.05, 0.1) is 4.90 Å². The predicted octanol–water partition coefficient (Wildman–Crippen LogP) is 3.81. The van der Waals surface area contributed by atoms with E-state index in [2.05, 4.69) is 4.98 Å². The zero-order chi connectivity index (χ0) is 19.0. The van der Waals surface area contributed by atoms with Crippen molar-refractivity contribution in [2.24, 2.45) is 0 Å². The Kier molecular flexibility index (Phi) is 7.33. The van der Waals surface area contributed by atoms with Gasteiger partial charge in [0.1, 0.15) is 0 Å². The summed E-state index contributed by atoms with van der Waals surface area (Å²) in [5.41, 5.74) is 1.97. The van der Waals surface area contributed by atoms with Crippen LogP contribution in [0.25, 0.3) is 0 Å². The number of benzene rings is 1. The number of rotatable bonds is 10. The molecular formula is C20H25NO4S. The Morgan fingerprint density at radius 1 is 1.04 bits per heavy atom. The molecule has 2 aromatic rings. The number of carboxylic acids is 1. The lowest BCUT2D eigenvalue weighted by atomic mass is 10.1. The van der Waals surface area contributed by atoms with Crippen molar-refractivity contribution in [1.29, 1.82) is 0 Å². The maximum Gasteiger partial charge on any atom is 0.322 e. The summed E-state index contributed by atoms with van der Waals surface area (Å²) >= 11 is 0. The van der Waals surface area contributed by atoms with E-state index in [0.717, 1.165) is 36.9 Å². The molecule has 0 aliphatic rings. The van der Waals surface area contributed by atoms with E-state index < -0.39 is 21.1 Å². The standard InChI is InChI=1S/C20H25NO4S/c1-16-11-13-18(14-12-16)26(24,25)19(20(22)23)10-5-3-2-4-8-17-9-6-7-15-21-17/h6-7,9,11-15,19H,2-5,8,10H2,1H3,(H,22,23). The Balaban J connectivity index is 1.84. The third-order valence-corrected chi connectivity index (χ3v) is 6.49. The number of aryl methyl sites for hydroxylation is 2. The van der Waals surface area contributed by atoms with Crippen molar-refractivity contribution in [3.8, 4) is 0 Å². The molecule has 26 heavy (non-hydrogen) atoms. The minimum atomic E-state index is -3.86. The largest absolute Gasteiger partial charge is 0.480 e. The maximum absolute atomic E-state index is 12.6. The van der Waals surface area contributed by atoms with Crippen molar-refractivity contribution >= 4 is 15.8 Å². The van der Waals surface area contributed by atoms with E-state index in [0.29, 0.717) is 6.42 Å². The van der Waals surface area contributed by atoms with Crippen LogP contribution in [0.15, 0.2) is 53.6 Å². The van der Waals surface area contributed by atoms with Gasteiger partial charge in [0, 0.05) is 11.9 Å². The smallest absolute Gasteiger partial charge is 0.322 e. The molecule has 1 heterocycles. The zero-order valence-corrected chi connectivity index (χ0v) is 15.8. The van der Waals surface area contributed by atoms with E-state index in [1.165, 1.54) is 12.1 Å². The van der Waals surface area contributed by atoms with Crippen LogP contribution in [0.4, 0.5) is 0 Å². The van der Waals surface area contributed by atoms with Crippen LogP contribution in [0.5, 0.6) is 0 Å². The van der Waals surface area contributed by atoms with Crippen molar-refractivity contribution in [3.63, 3.8) is 0 Å². The number of pyridine rings is 1. The van der Waals surface area contributed by atoms with Crippen LogP contribution >= 0.6 is 0 Å². The molecule has 0 spiro atoms. The molecule has 1 atom stereocenters. The molecule has 5 nitrogen and oxygen atoms in total. The summed E-state index contributed by atoms with van der Waals surface area (Å²) in [6, 6.07) is 12.1. The van der Waals surface area contributed by atoms with Gasteiger partial charge < -0.3 is 5.11 Å². The molecule has 0 saturated carbocycles. The fraction of sp³-hybridized carbons (Fsp3) is 0.400. The van der Waals surface area contributed by atoms with Gasteiger partial charge in [0.15, 0.2) is 15.1 Å². The highest BCUT2D eigenvalue weighted by molar-refractivity contribution is 7.92. The number of sulfone groups is 1. The van der Waals surface area contributed by atoms with E-state index >= 15 is 0 Å². The van der Waals surface area contributed by atoms with Gasteiger partial charge in [-0.1, -0.05) is 43.0 Å². The van der Waals surface area contributed by atoms with Crippen LogP contribution in [0.1, 0.15) is 43.4 Å². The quantitative estimate of drug-likeness (QED) is 0.638. The summed E-state index contributed by atoms with van der Waals surface area (Å²) in [7, 11) is -3.86. The van der Waals surface area contributed by atoms with Gasteiger partial charge in [-0.3, -0.25) is 9.78 Å². The SMILES string of the molecule is Cc1ccc(S(=O)(=O)C(CCCCCCc2ccccn2)C(=O)O)cc1. The number of hydrogen-bond donors (Lipinski definition) is 1. The molecule has 0 radical (unpaired) electrons. The first-order chi connectivity index (χ1) is 12.4. The average Bonchev–Trinajstić information content (AvgIpc) is 2.61. The highest BCUT2D eigenvalue weighted by Gasteiger charge is 2.33. The summed E-state index contributed by atoms with van der Waals surface area (Å²) in [6.07, 6.45) is 6.04. The molecule has 0 bridgehead atoms. The Morgan fingerprint density at radius 2 is 1.73 bits per heavy atom. The van der Waals surface area contributed by atoms with Gasteiger partial charge >= 0.3 is 5.97 Å². The third-order valence-electron chi connectivity index (χ3n) is 4.37. The maximum atomic E-state index is 12.6. The van der Waals surface area contributed by atoms with Crippen LogP contribution < -0.4 is 0 Å². The van der Waals surface area contributed by atoms with Crippen LogP contribution in [0, 0.1) is 6.92 Å². The van der Waals surface area contributed by atoms with Crippen molar-refractivity contribution in [1.82, 2.24) is 4.98 Å². The fourth-order valence-corrected chi connectivity index (χ4v) is 4.43. The van der Waals surface area contributed by atoms with E-state index in [4.69, 9.17) is 0 Å². The molecule has 1 unspecified atom stereocenters. The molecule has 0 amide bonds. The molecular weight excluding hydrogens is 350 g/mol. The summed E-state index contributed by atoms with van der Waals surface area (Å²) in [5, 5.41) is 8.00. The Morgan fingerprint density at radius 3 is 2.35 bits per heavy atom. The molecule has 0 aliphatic carbocycles. The lowest BCUT2D eigenvalue weighted by Crippen LogP contribution is -2.30. The number of aliphatic carboxylic acids is 1. The van der Waals surface area contributed by atoms with E-state index in [1.807, 2.05) is 25.1 Å². The van der Waals surface area contributed by atoms with Gasteiger partial charge in [-0.05, 0) is 50.5 Å². The minimum absolute atomic E-state index is 0.0747. The van der Waals surface area contributed by atoms with Crippen LogP contribution in [0.2, 0.25) is 0 Å². The molecule has 1 aromatic heterocycles. The van der Waals surface area contributed by atoms with E-state index in [-0.39, 0.29) is 11.3 Å². The highest BCUT2D eigenvalue weighted by atomic mass is 32.2. The minimum Gasteiger partial charge on any atom is -0.480 e. The Hall–Kier alpha value is -2.21. The molecule has 0 aliphatic heterocycles. The van der Waals surface area contributed by atoms with E-state index in [1.54, 1.807) is 18.3 Å². The second-order valence-electron chi connectivity index (χ2n) is 6.46. The van der Waals surface area contributed by atoms with Crippen molar-refractivity contribution < 1.29 is 18.3 Å². The first-order valence-corrected chi connectivity index (χ1v) is 10.4. The summed E-state index contributed by atoms with van der Waals surface area (Å²) in [5.74, 6) is -1.28. The molecule has 2 rings (SSSR count). The lowest BCUT2D eigenvalue weighted by molar-refractivity contribution is -0.136. The second-order valence-corrected chi connectivity index (χ2v) is 8.59. The number of unbranched alkanes of at least 4 members (excludes halogenated alkanes) is 3. The van der Waals surface area contributed by atoms with Gasteiger partial charge in [-0.2, -0.15) is 0 Å². The third kappa shape index (κ3) is 5.66. The number of nitrogens with zero attached hydrogens (tertiary/aromatic N) is 1. The number of carboxylic acid groups (broad SMARTS) is 1. The number of carbonyl (C=O) groups is 1. The molecule has 0 fully saturated rings. The molecule has 1 N–H and O–H groups in total. The van der Waals surface area contributed by atoms with Crippen molar-refractivity contribution in [3.05, 3.63) is 59.9 Å². The average molecular weight is 375 g/mol. The van der Waals surface area contributed by atoms with Crippen molar-refractivity contribution in [2.75, 3.05) is 0 Å². The highest BCUT2D eigenvalue weighted by Crippen LogP contribution is 2.21. The second kappa shape index (κ2) is 9.48. The van der Waals surface area contributed by atoms with Gasteiger partial charge in [0.2, 0.25) is 0 Å². The molecule has 0 saturated heterocycles. The summed E-state index contributed by atoms with van der Waals surface area (Å²) in [6.45, 7) is 1.86. The van der Waals surface area contributed by atoms with Crippen LogP contribution in [0.3, 0.4) is 0 Å². The van der Waals surface area contributed by atoms with Crippen LogP contribution in [-0.4, -0.2) is 29.7 Å². The number of hydrogen-bond acceptors (Lipinski definition) is 4. The first kappa shape index (κ1) is 20.1. The number of aromatic nitrogens is 1. The summed E-state index contributed by atoms with van der Waals surface area (Å²) < 4.78 is 25.2. The Bertz CT molecular complexity index is 801. The zero-order valence-electron chi connectivity index (χ0n) is 15.0. The van der Waals surface area contributed by atoms with E-state index in [9.17, 15) is 18.3 Å². The topological polar surface area (TPSA) is 84.3 Å². The monoisotopic (exact) mass is 375 g/mol. The molecule has 6 heteroatoms. The van der Waals surface area contributed by atoms with Crippen LogP contribution in [-0.2, 0) is 21.1 Å². The van der Waals surface area contributed by atoms with Gasteiger partial charge in [-0.25, -0.2) is 8.42 Å². The van der Waals surface area contributed by atoms with Gasteiger partial charge in [0.25, 0.3) is 0 Å². The molecule has 140 valence electrons. The first-order valence-electron chi connectivity index (χ1n) is 8.84. The van der Waals surface area contributed by atoms with Crippen molar-refractivity contribution in [2.45, 2.75) is 55.6 Å². The predicted molar refractivity (Wildman–Crippen MR) is 101 cm³/mol. The fourth-order valence-electron chi connectivity index (χ4n) is 2.84.